The molecule has 0 unspecified atom stereocenters. The Bertz CT molecular complexity index is 434. The Morgan fingerprint density at radius 2 is 2.33 bits per heavy atom. The summed E-state index contributed by atoms with van der Waals surface area (Å²) in [6, 6.07) is 5.50. The van der Waals surface area contributed by atoms with Gasteiger partial charge in [0.2, 0.25) is 0 Å². The molecule has 0 spiro atoms. The van der Waals surface area contributed by atoms with Crippen LogP contribution in [0.25, 0.3) is 0 Å². The summed E-state index contributed by atoms with van der Waals surface area (Å²) in [5.41, 5.74) is 1.79. The largest absolute Gasteiger partial charge is 0.490 e. The van der Waals surface area contributed by atoms with E-state index < -0.39 is 0 Å². The lowest BCUT2D eigenvalue weighted by atomic mass is 10.2. The van der Waals surface area contributed by atoms with Crippen LogP contribution in [0.3, 0.4) is 0 Å². The van der Waals surface area contributed by atoms with Crippen LogP contribution in [-0.4, -0.2) is 32.8 Å². The molecule has 5 heteroatoms. The van der Waals surface area contributed by atoms with E-state index in [-0.39, 0.29) is 6.03 Å². The average Bonchev–Trinajstić information content (AvgIpc) is 2.37. The van der Waals surface area contributed by atoms with Crippen molar-refractivity contribution in [1.29, 1.82) is 0 Å². The number of carbonyl (C=O) groups excluding carboxylic acids is 1. The zero-order chi connectivity index (χ0) is 13.0. The van der Waals surface area contributed by atoms with Gasteiger partial charge in [0.15, 0.2) is 0 Å². The molecule has 0 bridgehead atoms. The maximum absolute atomic E-state index is 11.6. The second-order valence-corrected chi connectivity index (χ2v) is 4.33. The predicted octanol–water partition coefficient (Wildman–Crippen LogP) is 2.05. The van der Waals surface area contributed by atoms with Crippen LogP contribution in [0.15, 0.2) is 18.2 Å². The van der Waals surface area contributed by atoms with Crippen LogP contribution in [0.5, 0.6) is 5.75 Å². The molecule has 0 atom stereocenters. The minimum absolute atomic E-state index is 0.170. The maximum Gasteiger partial charge on any atom is 0.319 e. The lowest BCUT2D eigenvalue weighted by molar-refractivity contribution is 0.252. The highest BCUT2D eigenvalue weighted by atomic mass is 16.5. The molecule has 5 nitrogen and oxygen atoms in total. The first-order valence-corrected chi connectivity index (χ1v) is 6.23. The van der Waals surface area contributed by atoms with Crippen LogP contribution in [0.4, 0.5) is 16.2 Å². The second kappa shape index (κ2) is 5.62. The molecule has 0 saturated carbocycles. The quantitative estimate of drug-likeness (QED) is 0.862. The lowest BCUT2D eigenvalue weighted by Crippen LogP contribution is -2.30. The Kier molecular flexibility index (Phi) is 3.92. The monoisotopic (exact) mass is 249 g/mol. The van der Waals surface area contributed by atoms with Crippen molar-refractivity contribution in [3.05, 3.63) is 18.2 Å². The van der Waals surface area contributed by atoms with E-state index in [0.717, 1.165) is 30.1 Å². The van der Waals surface area contributed by atoms with E-state index in [1.165, 1.54) is 0 Å². The summed E-state index contributed by atoms with van der Waals surface area (Å²) < 4.78 is 5.55. The first-order valence-electron chi connectivity index (χ1n) is 6.23. The topological polar surface area (TPSA) is 53.6 Å². The van der Waals surface area contributed by atoms with Crippen LogP contribution < -0.4 is 20.3 Å². The number of carbonyl (C=O) groups is 1. The highest BCUT2D eigenvalue weighted by molar-refractivity contribution is 5.90. The van der Waals surface area contributed by atoms with Gasteiger partial charge >= 0.3 is 6.03 Å². The van der Waals surface area contributed by atoms with Crippen molar-refractivity contribution < 1.29 is 9.53 Å². The number of likely N-dealkylation sites (N-methyl/N-ethyl adjacent to an activating group) is 1. The second-order valence-electron chi connectivity index (χ2n) is 4.33. The van der Waals surface area contributed by atoms with Gasteiger partial charge in [-0.3, -0.25) is 0 Å². The van der Waals surface area contributed by atoms with Gasteiger partial charge in [-0.15, -0.1) is 0 Å². The summed E-state index contributed by atoms with van der Waals surface area (Å²) in [6.45, 7) is 4.26. The third-order valence-electron chi connectivity index (χ3n) is 2.85. The molecule has 2 rings (SSSR count). The van der Waals surface area contributed by atoms with E-state index >= 15 is 0 Å². The van der Waals surface area contributed by atoms with Crippen LogP contribution in [0.1, 0.15) is 13.3 Å². The van der Waals surface area contributed by atoms with Crippen LogP contribution in [0.2, 0.25) is 0 Å². The van der Waals surface area contributed by atoms with Gasteiger partial charge in [-0.05, 0) is 24.6 Å². The smallest absolute Gasteiger partial charge is 0.319 e. The summed E-state index contributed by atoms with van der Waals surface area (Å²) in [5.74, 6) is 0.864. The van der Waals surface area contributed by atoms with Gasteiger partial charge < -0.3 is 20.3 Å². The van der Waals surface area contributed by atoms with E-state index in [1.54, 1.807) is 0 Å². The van der Waals surface area contributed by atoms with E-state index in [1.807, 2.05) is 32.2 Å². The number of rotatable bonds is 3. The Balaban J connectivity index is 2.06. The van der Waals surface area contributed by atoms with Gasteiger partial charge in [-0.1, -0.05) is 6.92 Å². The van der Waals surface area contributed by atoms with Crippen molar-refractivity contribution in [1.82, 2.24) is 5.32 Å². The van der Waals surface area contributed by atoms with Crippen LogP contribution in [0, 0.1) is 0 Å². The van der Waals surface area contributed by atoms with Crippen LogP contribution in [-0.2, 0) is 0 Å². The number of fused-ring (bicyclic) bond motifs is 1. The van der Waals surface area contributed by atoms with E-state index in [0.29, 0.717) is 13.2 Å². The van der Waals surface area contributed by atoms with Crippen molar-refractivity contribution in [3.63, 3.8) is 0 Å². The third-order valence-corrected chi connectivity index (χ3v) is 2.85. The number of hydrogen-bond donors (Lipinski definition) is 2. The Labute approximate surface area is 107 Å². The SMILES string of the molecule is CCCNC(=O)Nc1ccc2c(c1)N(C)CCO2. The molecule has 98 valence electrons. The van der Waals surface area contributed by atoms with Crippen molar-refractivity contribution >= 4 is 17.4 Å². The van der Waals surface area contributed by atoms with Gasteiger partial charge in [-0.2, -0.15) is 0 Å². The van der Waals surface area contributed by atoms with Crippen molar-refractivity contribution in [2.75, 3.05) is 37.0 Å². The van der Waals surface area contributed by atoms with Gasteiger partial charge in [0.1, 0.15) is 12.4 Å². The number of nitrogens with zero attached hydrogens (tertiary/aromatic N) is 1. The van der Waals surface area contributed by atoms with Gasteiger partial charge in [0, 0.05) is 19.3 Å². The van der Waals surface area contributed by atoms with Crippen molar-refractivity contribution in [3.8, 4) is 5.75 Å². The molecule has 18 heavy (non-hydrogen) atoms. The van der Waals surface area contributed by atoms with Gasteiger partial charge in [0.05, 0.1) is 12.2 Å². The fourth-order valence-electron chi connectivity index (χ4n) is 1.84. The number of ether oxygens (including phenoxy) is 1. The zero-order valence-corrected chi connectivity index (χ0v) is 10.8. The fraction of sp³-hybridized carbons (Fsp3) is 0.462. The first-order chi connectivity index (χ1) is 8.70. The number of urea groups is 1. The summed E-state index contributed by atoms with van der Waals surface area (Å²) in [6.07, 6.45) is 0.925. The molecule has 1 aliphatic rings. The molecule has 0 fully saturated rings. The summed E-state index contributed by atoms with van der Waals surface area (Å²) >= 11 is 0. The molecule has 1 aromatic carbocycles. The minimum Gasteiger partial charge on any atom is -0.490 e. The molecule has 0 saturated heterocycles. The molecular formula is C13H19N3O2. The van der Waals surface area contributed by atoms with Crippen molar-refractivity contribution in [2.24, 2.45) is 0 Å². The molecule has 0 radical (unpaired) electrons. The van der Waals surface area contributed by atoms with Gasteiger partial charge in [-0.25, -0.2) is 4.79 Å². The zero-order valence-electron chi connectivity index (χ0n) is 10.8. The first kappa shape index (κ1) is 12.5. The highest BCUT2D eigenvalue weighted by Gasteiger charge is 2.15. The molecule has 0 aliphatic carbocycles. The lowest BCUT2D eigenvalue weighted by Gasteiger charge is -2.28. The normalized spacial score (nSPS) is 13.6. The van der Waals surface area contributed by atoms with E-state index in [9.17, 15) is 4.79 Å². The maximum atomic E-state index is 11.6. The molecule has 2 N–H and O–H groups in total. The summed E-state index contributed by atoms with van der Waals surface area (Å²) in [4.78, 5) is 13.7. The van der Waals surface area contributed by atoms with E-state index in [2.05, 4.69) is 15.5 Å². The highest BCUT2D eigenvalue weighted by Crippen LogP contribution is 2.33. The molecule has 2 amide bonds. The van der Waals surface area contributed by atoms with Crippen molar-refractivity contribution in [2.45, 2.75) is 13.3 Å². The number of anilines is 2. The Morgan fingerprint density at radius 3 is 3.11 bits per heavy atom. The number of amides is 2. The molecule has 1 aliphatic heterocycles. The summed E-state index contributed by atoms with van der Waals surface area (Å²) in [7, 11) is 2.02. The molecule has 0 aromatic heterocycles. The Hall–Kier alpha value is -1.91. The number of nitrogens with one attached hydrogen (secondary N) is 2. The minimum atomic E-state index is -0.170. The van der Waals surface area contributed by atoms with Crippen LogP contribution >= 0.6 is 0 Å². The predicted molar refractivity (Wildman–Crippen MR) is 72.5 cm³/mol. The third kappa shape index (κ3) is 2.85. The van der Waals surface area contributed by atoms with E-state index in [4.69, 9.17) is 4.74 Å². The molecule has 1 heterocycles. The van der Waals surface area contributed by atoms with Gasteiger partial charge in [0.25, 0.3) is 0 Å². The summed E-state index contributed by atoms with van der Waals surface area (Å²) in [5, 5.41) is 5.59. The number of benzene rings is 1. The number of hydrogen-bond acceptors (Lipinski definition) is 3. The Morgan fingerprint density at radius 1 is 1.50 bits per heavy atom. The standard InChI is InChI=1S/C13H19N3O2/c1-3-6-14-13(17)15-10-4-5-12-11(9-10)16(2)7-8-18-12/h4-5,9H,3,6-8H2,1-2H3,(H2,14,15,17). The molecular weight excluding hydrogens is 230 g/mol. The molecule has 1 aromatic rings. The fourth-order valence-corrected chi connectivity index (χ4v) is 1.84. The average molecular weight is 249 g/mol.